The van der Waals surface area contributed by atoms with Crippen molar-refractivity contribution in [1.29, 1.82) is 0 Å². The Morgan fingerprint density at radius 3 is 2.52 bits per heavy atom. The number of benzene rings is 2. The van der Waals surface area contributed by atoms with Crippen LogP contribution in [0.25, 0.3) is 10.9 Å². The smallest absolute Gasteiger partial charge is 0.244 e. The van der Waals surface area contributed by atoms with Crippen molar-refractivity contribution in [3.63, 3.8) is 0 Å². The van der Waals surface area contributed by atoms with Crippen molar-refractivity contribution < 1.29 is 9.53 Å². The largest absolute Gasteiger partial charge is 0.497 e. The van der Waals surface area contributed by atoms with E-state index in [9.17, 15) is 4.79 Å². The van der Waals surface area contributed by atoms with Crippen LogP contribution < -0.4 is 10.1 Å². The number of carbonyl (C=O) groups excluding carboxylic acids is 1. The molecule has 0 atom stereocenters. The Labute approximate surface area is 135 Å². The number of aryl methyl sites for hydroxylation is 2. The van der Waals surface area contributed by atoms with Crippen LogP contribution in [0.5, 0.6) is 5.75 Å². The van der Waals surface area contributed by atoms with E-state index in [4.69, 9.17) is 4.74 Å². The summed E-state index contributed by atoms with van der Waals surface area (Å²) in [4.78, 5) is 12.3. The Balaban J connectivity index is 1.77. The molecule has 23 heavy (non-hydrogen) atoms. The molecule has 0 bridgehead atoms. The summed E-state index contributed by atoms with van der Waals surface area (Å²) in [5.74, 6) is 0.776. The molecule has 1 amide bonds. The molecule has 0 aliphatic carbocycles. The monoisotopic (exact) mass is 308 g/mol. The molecule has 0 aliphatic rings. The van der Waals surface area contributed by atoms with Crippen molar-refractivity contribution >= 4 is 22.5 Å². The summed E-state index contributed by atoms with van der Waals surface area (Å²) in [6.07, 6.45) is 1.92. The summed E-state index contributed by atoms with van der Waals surface area (Å²) in [5, 5.41) is 4.02. The maximum absolute atomic E-state index is 12.3. The first-order valence-electron chi connectivity index (χ1n) is 7.56. The minimum absolute atomic E-state index is 0.0386. The summed E-state index contributed by atoms with van der Waals surface area (Å²) >= 11 is 0. The average Bonchev–Trinajstić information content (AvgIpc) is 2.88. The molecule has 3 rings (SSSR count). The molecule has 1 heterocycles. The van der Waals surface area contributed by atoms with Gasteiger partial charge in [-0.2, -0.15) is 0 Å². The zero-order valence-corrected chi connectivity index (χ0v) is 13.6. The highest BCUT2D eigenvalue weighted by Gasteiger charge is 2.08. The van der Waals surface area contributed by atoms with Gasteiger partial charge in [0.2, 0.25) is 5.91 Å². The number of methoxy groups -OCH3 is 1. The van der Waals surface area contributed by atoms with Gasteiger partial charge in [0.25, 0.3) is 0 Å². The summed E-state index contributed by atoms with van der Waals surface area (Å²) < 4.78 is 7.16. The lowest BCUT2D eigenvalue weighted by Crippen LogP contribution is -2.18. The van der Waals surface area contributed by atoms with Gasteiger partial charge in [-0.25, -0.2) is 0 Å². The Morgan fingerprint density at radius 2 is 1.83 bits per heavy atom. The van der Waals surface area contributed by atoms with E-state index < -0.39 is 0 Å². The van der Waals surface area contributed by atoms with E-state index in [0.717, 1.165) is 33.5 Å². The van der Waals surface area contributed by atoms with Crippen LogP contribution in [-0.4, -0.2) is 17.6 Å². The molecule has 0 unspecified atom stereocenters. The number of nitrogens with one attached hydrogen (secondary N) is 1. The molecular formula is C19H20N2O2. The van der Waals surface area contributed by atoms with E-state index in [0.29, 0.717) is 0 Å². The maximum atomic E-state index is 12.3. The number of hydrogen-bond donors (Lipinski definition) is 1. The molecule has 0 saturated heterocycles. The second kappa shape index (κ2) is 6.16. The number of fused-ring (bicyclic) bond motifs is 1. The summed E-state index contributed by atoms with van der Waals surface area (Å²) in [7, 11) is 1.65. The maximum Gasteiger partial charge on any atom is 0.244 e. The van der Waals surface area contributed by atoms with E-state index in [1.54, 1.807) is 7.11 Å². The Kier molecular flexibility index (Phi) is 4.06. The van der Waals surface area contributed by atoms with Crippen molar-refractivity contribution in [2.45, 2.75) is 20.4 Å². The van der Waals surface area contributed by atoms with Gasteiger partial charge in [0.15, 0.2) is 0 Å². The second-order valence-electron chi connectivity index (χ2n) is 5.79. The van der Waals surface area contributed by atoms with Gasteiger partial charge in [-0.1, -0.05) is 6.07 Å². The van der Waals surface area contributed by atoms with E-state index in [1.165, 1.54) is 0 Å². The van der Waals surface area contributed by atoms with Crippen molar-refractivity contribution in [2.75, 3.05) is 12.4 Å². The lowest BCUT2D eigenvalue weighted by molar-refractivity contribution is -0.116. The van der Waals surface area contributed by atoms with E-state index in [-0.39, 0.29) is 12.5 Å². The van der Waals surface area contributed by atoms with Crippen LogP contribution in [0.15, 0.2) is 48.7 Å². The van der Waals surface area contributed by atoms with Crippen LogP contribution in [-0.2, 0) is 11.3 Å². The fourth-order valence-electron chi connectivity index (χ4n) is 2.85. The van der Waals surface area contributed by atoms with Crippen LogP contribution >= 0.6 is 0 Å². The van der Waals surface area contributed by atoms with Crippen LogP contribution in [0.2, 0.25) is 0 Å². The zero-order valence-electron chi connectivity index (χ0n) is 13.6. The first-order valence-corrected chi connectivity index (χ1v) is 7.56. The molecule has 2 aromatic carbocycles. The van der Waals surface area contributed by atoms with Crippen molar-refractivity contribution in [1.82, 2.24) is 4.57 Å². The van der Waals surface area contributed by atoms with Crippen molar-refractivity contribution in [3.05, 3.63) is 59.8 Å². The Morgan fingerprint density at radius 1 is 1.09 bits per heavy atom. The number of anilines is 1. The van der Waals surface area contributed by atoms with Gasteiger partial charge in [-0.15, -0.1) is 0 Å². The van der Waals surface area contributed by atoms with Crippen LogP contribution in [0.3, 0.4) is 0 Å². The molecule has 0 aliphatic heterocycles. The molecule has 0 radical (unpaired) electrons. The molecule has 0 spiro atoms. The SMILES string of the molecule is COc1ccc2c(ccn2CC(=O)Nc2cc(C)cc(C)c2)c1. The first kappa shape index (κ1) is 15.2. The van der Waals surface area contributed by atoms with Crippen molar-refractivity contribution in [3.8, 4) is 5.75 Å². The highest BCUT2D eigenvalue weighted by Crippen LogP contribution is 2.22. The highest BCUT2D eigenvalue weighted by atomic mass is 16.5. The highest BCUT2D eigenvalue weighted by molar-refractivity contribution is 5.92. The lowest BCUT2D eigenvalue weighted by atomic mass is 10.1. The number of carbonyl (C=O) groups is 1. The quantitative estimate of drug-likeness (QED) is 0.794. The molecular weight excluding hydrogens is 288 g/mol. The predicted molar refractivity (Wildman–Crippen MR) is 93.0 cm³/mol. The van der Waals surface area contributed by atoms with E-state index in [1.807, 2.05) is 61.0 Å². The molecule has 1 N–H and O–H groups in total. The Hall–Kier alpha value is -2.75. The van der Waals surface area contributed by atoms with E-state index >= 15 is 0 Å². The molecule has 1 aromatic heterocycles. The third-order valence-corrected chi connectivity index (χ3v) is 3.80. The summed E-state index contributed by atoms with van der Waals surface area (Å²) in [6.45, 7) is 4.33. The second-order valence-corrected chi connectivity index (χ2v) is 5.79. The topological polar surface area (TPSA) is 43.3 Å². The zero-order chi connectivity index (χ0) is 16.4. The fourth-order valence-corrected chi connectivity index (χ4v) is 2.85. The van der Waals surface area contributed by atoms with E-state index in [2.05, 4.69) is 11.4 Å². The number of rotatable bonds is 4. The minimum Gasteiger partial charge on any atom is -0.497 e. The number of aromatic nitrogens is 1. The standard InChI is InChI=1S/C19H20N2O2/c1-13-8-14(2)10-16(9-13)20-19(22)12-21-7-6-15-11-17(23-3)4-5-18(15)21/h4-11H,12H2,1-3H3,(H,20,22). The van der Waals surface area contributed by atoms with Gasteiger partial charge in [-0.3, -0.25) is 4.79 Å². The fraction of sp³-hybridized carbons (Fsp3) is 0.211. The third kappa shape index (κ3) is 3.37. The first-order chi connectivity index (χ1) is 11.0. The number of ether oxygens (including phenoxy) is 1. The van der Waals surface area contributed by atoms with Crippen LogP contribution in [0.4, 0.5) is 5.69 Å². The van der Waals surface area contributed by atoms with Gasteiger partial charge in [0.05, 0.1) is 7.11 Å². The third-order valence-electron chi connectivity index (χ3n) is 3.80. The molecule has 0 fully saturated rings. The van der Waals surface area contributed by atoms with Gasteiger partial charge >= 0.3 is 0 Å². The molecule has 118 valence electrons. The number of amides is 1. The molecule has 4 nitrogen and oxygen atoms in total. The normalized spacial score (nSPS) is 10.7. The number of hydrogen-bond acceptors (Lipinski definition) is 2. The van der Waals surface area contributed by atoms with Crippen molar-refractivity contribution in [2.24, 2.45) is 0 Å². The van der Waals surface area contributed by atoms with Gasteiger partial charge in [0, 0.05) is 22.8 Å². The lowest BCUT2D eigenvalue weighted by Gasteiger charge is -2.09. The van der Waals surface area contributed by atoms with Gasteiger partial charge in [-0.05, 0) is 61.4 Å². The predicted octanol–water partition coefficient (Wildman–Crippen LogP) is 3.91. The summed E-state index contributed by atoms with van der Waals surface area (Å²) in [6, 6.07) is 13.9. The minimum atomic E-state index is -0.0386. The van der Waals surface area contributed by atoms with Gasteiger partial charge in [0.1, 0.15) is 12.3 Å². The molecule has 4 heteroatoms. The molecule has 0 saturated carbocycles. The van der Waals surface area contributed by atoms with Gasteiger partial charge < -0.3 is 14.6 Å². The number of nitrogens with zero attached hydrogens (tertiary/aromatic N) is 1. The molecule has 3 aromatic rings. The summed E-state index contributed by atoms with van der Waals surface area (Å²) in [5.41, 5.74) is 4.13. The average molecular weight is 308 g/mol. The van der Waals surface area contributed by atoms with Crippen LogP contribution in [0, 0.1) is 13.8 Å². The Bertz CT molecular complexity index is 845. The van der Waals surface area contributed by atoms with Crippen LogP contribution in [0.1, 0.15) is 11.1 Å².